The fraction of sp³-hybridized carbons (Fsp3) is 0.400. The van der Waals surface area contributed by atoms with E-state index in [9.17, 15) is 23.1 Å². The van der Waals surface area contributed by atoms with E-state index in [1.165, 1.54) is 29.4 Å². The minimum absolute atomic E-state index is 0.0559. The number of sulfonamides is 1. The topological polar surface area (TPSA) is 148 Å². The molecule has 1 saturated carbocycles. The summed E-state index contributed by atoms with van der Waals surface area (Å²) in [6.45, 7) is 11.2. The molecule has 1 atom stereocenters. The highest BCUT2D eigenvalue weighted by atomic mass is 32.2. The highest BCUT2D eigenvalue weighted by Crippen LogP contribution is 2.40. The van der Waals surface area contributed by atoms with Crippen molar-refractivity contribution >= 4 is 30.3 Å². The predicted octanol–water partition coefficient (Wildman–Crippen LogP) is 8.26. The van der Waals surface area contributed by atoms with Crippen LogP contribution in [0.3, 0.4) is 0 Å². The molecule has 53 heavy (non-hydrogen) atoms. The summed E-state index contributed by atoms with van der Waals surface area (Å²) in [4.78, 5) is 35.3. The molecule has 11 nitrogen and oxygen atoms in total. The molecule has 2 amide bonds. The van der Waals surface area contributed by atoms with Crippen molar-refractivity contribution in [1.82, 2.24) is 19.6 Å². The van der Waals surface area contributed by atoms with Crippen LogP contribution in [0.25, 0.3) is 11.1 Å². The molecule has 0 radical (unpaired) electrons. The van der Waals surface area contributed by atoms with Crippen molar-refractivity contribution in [2.75, 3.05) is 13.1 Å². The average molecular weight is 759 g/mol. The van der Waals surface area contributed by atoms with E-state index < -0.39 is 36.4 Å². The smallest absolute Gasteiger partial charge is 0.407 e. The Hall–Kier alpha value is -4.59. The van der Waals surface area contributed by atoms with Crippen LogP contribution >= 0.6 is 0 Å². The molecule has 1 aliphatic rings. The summed E-state index contributed by atoms with van der Waals surface area (Å²) in [5.74, 6) is -0.470. The number of pyridine rings is 2. The Labute approximate surface area is 314 Å². The number of ether oxygens (including phenoxy) is 1. The van der Waals surface area contributed by atoms with Gasteiger partial charge in [0.25, 0.3) is 15.9 Å². The van der Waals surface area contributed by atoms with Gasteiger partial charge in [0.05, 0.1) is 24.3 Å². The zero-order valence-electron chi connectivity index (χ0n) is 31.1. The number of hydrogen-bond acceptors (Lipinski definition) is 8. The van der Waals surface area contributed by atoms with E-state index in [1.54, 1.807) is 30.6 Å². The number of benzene rings is 2. The molecule has 5 rings (SSSR count). The summed E-state index contributed by atoms with van der Waals surface area (Å²) in [7, 11) is -6.38. The van der Waals surface area contributed by atoms with Crippen LogP contribution in [0.15, 0.2) is 96.4 Å². The van der Waals surface area contributed by atoms with Crippen molar-refractivity contribution in [3.8, 4) is 16.9 Å². The number of amides is 2. The SMILES string of the molecule is CC(C)(C)[Si](C)(C)O[C@@H](CN(CCc1ccc(-c2ccc(C(=O)NS(=O)(=O)c3cccnc3)c(OC3CCCCC3)c2)cc1)C(=O)O)c1cccnc1. The maximum Gasteiger partial charge on any atom is 0.407 e. The monoisotopic (exact) mass is 758 g/mol. The van der Waals surface area contributed by atoms with Gasteiger partial charge in [0.15, 0.2) is 8.32 Å². The molecule has 0 unspecified atom stereocenters. The third-order valence-electron chi connectivity index (χ3n) is 10.2. The molecule has 13 heteroatoms. The minimum Gasteiger partial charge on any atom is -0.490 e. The molecule has 0 spiro atoms. The number of nitrogens with zero attached hydrogens (tertiary/aromatic N) is 3. The van der Waals surface area contributed by atoms with E-state index in [2.05, 4.69) is 48.6 Å². The van der Waals surface area contributed by atoms with Crippen LogP contribution in [0.1, 0.15) is 80.5 Å². The highest BCUT2D eigenvalue weighted by Gasteiger charge is 2.40. The summed E-state index contributed by atoms with van der Waals surface area (Å²) < 4.78 is 41.1. The molecule has 2 aromatic heterocycles. The lowest BCUT2D eigenvalue weighted by atomic mass is 9.97. The molecular formula is C40H50N4O7SSi. The first-order valence-corrected chi connectivity index (χ1v) is 22.4. The molecule has 0 bridgehead atoms. The molecule has 2 heterocycles. The van der Waals surface area contributed by atoms with Crippen molar-refractivity contribution in [2.45, 2.75) is 94.5 Å². The third kappa shape index (κ3) is 10.5. The molecular weight excluding hydrogens is 709 g/mol. The second-order valence-electron chi connectivity index (χ2n) is 15.0. The number of rotatable bonds is 14. The number of carboxylic acid groups (broad SMARTS) is 1. The first kappa shape index (κ1) is 39.6. The van der Waals surface area contributed by atoms with E-state index in [1.807, 2.05) is 36.4 Å². The zero-order valence-corrected chi connectivity index (χ0v) is 32.9. The van der Waals surface area contributed by atoms with Crippen LogP contribution in [0.2, 0.25) is 18.1 Å². The summed E-state index contributed by atoms with van der Waals surface area (Å²) in [5.41, 5.74) is 3.59. The Kier molecular flexibility index (Phi) is 12.7. The van der Waals surface area contributed by atoms with Crippen LogP contribution in [-0.4, -0.2) is 67.9 Å². The van der Waals surface area contributed by atoms with Gasteiger partial charge >= 0.3 is 6.09 Å². The Morgan fingerprint density at radius 3 is 2.21 bits per heavy atom. The van der Waals surface area contributed by atoms with Gasteiger partial charge in [-0.25, -0.2) is 17.9 Å². The maximum absolute atomic E-state index is 13.4. The highest BCUT2D eigenvalue weighted by molar-refractivity contribution is 7.90. The summed E-state index contributed by atoms with van der Waals surface area (Å²) in [6, 6.07) is 19.6. The van der Waals surface area contributed by atoms with Crippen molar-refractivity contribution in [3.05, 3.63) is 108 Å². The third-order valence-corrected chi connectivity index (χ3v) is 16.0. The van der Waals surface area contributed by atoms with Crippen LogP contribution in [0.5, 0.6) is 5.75 Å². The molecule has 282 valence electrons. The summed E-state index contributed by atoms with van der Waals surface area (Å²) >= 11 is 0. The standard InChI is InChI=1S/C40H50N4O7SSi/c1-40(2,3)53(4,5)51-37(32-11-9-22-41-26-32)28-44(39(46)47)24-21-29-15-17-30(18-16-29)31-19-20-35(36(25-31)50-33-12-7-6-8-13-33)38(45)43-52(48,49)34-14-10-23-42-27-34/h9-11,14-20,22-23,25-27,33,37H,6-8,12-13,21,24,28H2,1-5H3,(H,43,45)(H,46,47)/t37-/m0/s1. The largest absolute Gasteiger partial charge is 0.490 e. The number of carbonyl (C=O) groups excluding carboxylic acids is 1. The number of carbonyl (C=O) groups is 2. The van der Waals surface area contributed by atoms with Gasteiger partial charge in [-0.3, -0.25) is 14.8 Å². The van der Waals surface area contributed by atoms with Crippen LogP contribution < -0.4 is 9.46 Å². The Balaban J connectivity index is 1.32. The van der Waals surface area contributed by atoms with Gasteiger partial charge in [0.2, 0.25) is 0 Å². The summed E-state index contributed by atoms with van der Waals surface area (Å²) in [6.07, 6.45) is 9.91. The first-order valence-electron chi connectivity index (χ1n) is 18.1. The Morgan fingerprint density at radius 1 is 0.943 bits per heavy atom. The summed E-state index contributed by atoms with van der Waals surface area (Å²) in [5, 5.41) is 10.2. The van der Waals surface area contributed by atoms with Gasteiger partial charge in [-0.1, -0.05) is 63.6 Å². The first-order chi connectivity index (χ1) is 25.1. The van der Waals surface area contributed by atoms with Gasteiger partial charge in [-0.2, -0.15) is 0 Å². The van der Waals surface area contributed by atoms with Crippen molar-refractivity contribution < 1.29 is 32.3 Å². The molecule has 0 aliphatic heterocycles. The van der Waals surface area contributed by atoms with E-state index in [4.69, 9.17) is 9.16 Å². The fourth-order valence-corrected chi connectivity index (χ4v) is 8.20. The van der Waals surface area contributed by atoms with E-state index in [-0.39, 0.29) is 34.7 Å². The zero-order chi connectivity index (χ0) is 38.2. The maximum atomic E-state index is 13.4. The number of aromatic nitrogens is 2. The van der Waals surface area contributed by atoms with E-state index in [0.717, 1.165) is 54.4 Å². The van der Waals surface area contributed by atoms with Crippen LogP contribution in [-0.2, 0) is 20.9 Å². The van der Waals surface area contributed by atoms with Crippen LogP contribution in [0.4, 0.5) is 4.79 Å². The fourth-order valence-electron chi connectivity index (χ4n) is 5.99. The second-order valence-corrected chi connectivity index (χ2v) is 21.5. The van der Waals surface area contributed by atoms with Crippen LogP contribution in [0, 0.1) is 0 Å². The molecule has 2 aromatic carbocycles. The molecule has 1 fully saturated rings. The van der Waals surface area contributed by atoms with Gasteiger partial charge in [0.1, 0.15) is 10.6 Å². The van der Waals surface area contributed by atoms with Gasteiger partial charge < -0.3 is 19.2 Å². The lowest BCUT2D eigenvalue weighted by molar-refractivity contribution is 0.0969. The van der Waals surface area contributed by atoms with Crippen molar-refractivity contribution in [3.63, 3.8) is 0 Å². The normalized spacial score (nSPS) is 14.7. The number of nitrogens with one attached hydrogen (secondary N) is 1. The Bertz CT molecular complexity index is 1950. The molecule has 4 aromatic rings. The quantitative estimate of drug-likeness (QED) is 0.121. The predicted molar refractivity (Wildman–Crippen MR) is 207 cm³/mol. The Morgan fingerprint density at radius 2 is 1.60 bits per heavy atom. The van der Waals surface area contributed by atoms with Gasteiger partial charge in [0, 0.05) is 31.3 Å². The van der Waals surface area contributed by atoms with E-state index >= 15 is 0 Å². The van der Waals surface area contributed by atoms with Gasteiger partial charge in [-0.15, -0.1) is 0 Å². The lowest BCUT2D eigenvalue weighted by Gasteiger charge is -2.40. The molecule has 1 aliphatic carbocycles. The van der Waals surface area contributed by atoms with E-state index in [0.29, 0.717) is 12.2 Å². The van der Waals surface area contributed by atoms with Gasteiger partial charge in [-0.05, 0) is 103 Å². The minimum atomic E-state index is -4.14. The second kappa shape index (κ2) is 17.0. The molecule has 0 saturated heterocycles. The lowest BCUT2D eigenvalue weighted by Crippen LogP contribution is -2.45. The van der Waals surface area contributed by atoms with Crippen molar-refractivity contribution in [2.24, 2.45) is 0 Å². The molecule has 2 N–H and O–H groups in total. The average Bonchev–Trinajstić information content (AvgIpc) is 3.13. The van der Waals surface area contributed by atoms with Crippen molar-refractivity contribution in [1.29, 1.82) is 0 Å². The number of hydrogen-bond donors (Lipinski definition) is 2.